The predicted molar refractivity (Wildman–Crippen MR) is 174 cm³/mol. The van der Waals surface area contributed by atoms with Gasteiger partial charge in [0.15, 0.2) is 6.29 Å². The van der Waals surface area contributed by atoms with E-state index in [0.29, 0.717) is 18.9 Å². The molecule has 7 rings (SSSR count). The number of carbonyl (C=O) groups excluding carboxylic acids is 1. The predicted octanol–water partition coefficient (Wildman–Crippen LogP) is 5.13. The largest absolute Gasteiger partial charge is 0.399 e. The molecular weight excluding hydrogens is 564 g/mol. The van der Waals surface area contributed by atoms with Crippen LogP contribution in [0, 0.1) is 0 Å². The van der Waals surface area contributed by atoms with Crippen LogP contribution >= 0.6 is 0 Å². The zero-order valence-corrected chi connectivity index (χ0v) is 25.3. The molecule has 232 valence electrons. The van der Waals surface area contributed by atoms with Crippen LogP contribution in [0.15, 0.2) is 109 Å². The third-order valence-electron chi connectivity index (χ3n) is 9.68. The molecule has 4 unspecified atom stereocenters. The van der Waals surface area contributed by atoms with E-state index in [1.54, 1.807) is 0 Å². The molecule has 3 heterocycles. The van der Waals surface area contributed by atoms with Crippen LogP contribution in [0.4, 0.5) is 11.4 Å². The summed E-state index contributed by atoms with van der Waals surface area (Å²) in [6.07, 6.45) is 0.365. The van der Waals surface area contributed by atoms with Gasteiger partial charge in [-0.2, -0.15) is 0 Å². The van der Waals surface area contributed by atoms with Crippen molar-refractivity contribution in [3.8, 4) is 0 Å². The molecule has 0 aliphatic carbocycles. The van der Waals surface area contributed by atoms with E-state index in [9.17, 15) is 9.90 Å². The highest BCUT2D eigenvalue weighted by atomic mass is 16.7. The van der Waals surface area contributed by atoms with Crippen molar-refractivity contribution >= 4 is 17.3 Å². The van der Waals surface area contributed by atoms with E-state index in [2.05, 4.69) is 51.5 Å². The average Bonchev–Trinajstić information content (AvgIpc) is 3.40. The lowest BCUT2D eigenvalue weighted by atomic mass is 9.82. The molecule has 0 bridgehead atoms. The number of anilines is 2. The highest BCUT2D eigenvalue weighted by molar-refractivity contribution is 5.93. The zero-order valence-electron chi connectivity index (χ0n) is 25.3. The van der Waals surface area contributed by atoms with Crippen molar-refractivity contribution in [1.29, 1.82) is 0 Å². The van der Waals surface area contributed by atoms with E-state index in [1.807, 2.05) is 72.8 Å². The van der Waals surface area contributed by atoms with Crippen molar-refractivity contribution < 1.29 is 19.4 Å². The molecule has 4 atom stereocenters. The Hall–Kier alpha value is -4.21. The number of hydrogen-bond donors (Lipinski definition) is 3. The average molecular weight is 605 g/mol. The van der Waals surface area contributed by atoms with Crippen LogP contribution in [0.2, 0.25) is 0 Å². The number of likely N-dealkylation sites (tertiary alicyclic amines) is 1. The van der Waals surface area contributed by atoms with Crippen molar-refractivity contribution in [2.24, 2.45) is 0 Å². The number of carbonyl (C=O) groups is 1. The fraction of sp³-hybridized carbons (Fsp3) is 0.324. The van der Waals surface area contributed by atoms with Gasteiger partial charge in [-0.15, -0.1) is 0 Å². The summed E-state index contributed by atoms with van der Waals surface area (Å²) in [6, 6.07) is 36.4. The summed E-state index contributed by atoms with van der Waals surface area (Å²) < 4.78 is 13.7. The smallest absolute Gasteiger partial charge is 0.247 e. The molecule has 0 saturated carbocycles. The minimum atomic E-state index is -0.605. The quantitative estimate of drug-likeness (QED) is 0.252. The first-order chi connectivity index (χ1) is 22.0. The van der Waals surface area contributed by atoms with E-state index in [0.717, 1.165) is 53.9 Å². The molecule has 3 aliphatic rings. The van der Waals surface area contributed by atoms with E-state index < -0.39 is 11.8 Å². The highest BCUT2D eigenvalue weighted by Crippen LogP contribution is 2.47. The van der Waals surface area contributed by atoms with E-state index in [-0.39, 0.29) is 30.6 Å². The highest BCUT2D eigenvalue weighted by Gasteiger charge is 2.51. The normalized spacial score (nSPS) is 24.9. The van der Waals surface area contributed by atoms with Crippen molar-refractivity contribution in [3.63, 3.8) is 0 Å². The van der Waals surface area contributed by atoms with Crippen LogP contribution in [-0.2, 0) is 20.9 Å². The fourth-order valence-electron chi connectivity index (χ4n) is 7.26. The molecule has 4 aromatic rings. The SMILES string of the molecule is Nc1cccc(C2OC(CN3CCC4(CC3)C(=O)NCN4c3ccccc3)C(c3ccccc3)C(c3ccc(CO)cc3)O2)c1. The molecule has 0 radical (unpaired) electrons. The summed E-state index contributed by atoms with van der Waals surface area (Å²) in [5.41, 5.74) is 11.3. The first-order valence-corrected chi connectivity index (χ1v) is 15.8. The number of piperidine rings is 1. The second-order valence-electron chi connectivity index (χ2n) is 12.3. The van der Waals surface area contributed by atoms with Gasteiger partial charge in [-0.1, -0.05) is 84.9 Å². The second-order valence-corrected chi connectivity index (χ2v) is 12.3. The Bertz CT molecular complexity index is 1590. The Labute approximate surface area is 264 Å². The molecule has 4 N–H and O–H groups in total. The van der Waals surface area contributed by atoms with E-state index in [4.69, 9.17) is 15.2 Å². The standard InChI is InChI=1S/C37H40N4O4/c38-30-11-7-10-29(22-30)35-44-32(33(27-8-3-1-4-9-27)34(45-35)28-16-14-26(24-42)15-17-28)23-40-20-18-37(19-21-40)36(43)39-25-41(37)31-12-5-2-6-13-31/h1-17,22,32-35,42H,18-21,23-25,38H2,(H,39,43). The Morgan fingerprint density at radius 1 is 0.822 bits per heavy atom. The van der Waals surface area contributed by atoms with Crippen LogP contribution in [0.5, 0.6) is 0 Å². The van der Waals surface area contributed by atoms with Crippen LogP contribution in [0.3, 0.4) is 0 Å². The Morgan fingerprint density at radius 2 is 1.51 bits per heavy atom. The summed E-state index contributed by atoms with van der Waals surface area (Å²) in [4.78, 5) is 18.0. The molecule has 8 heteroatoms. The Kier molecular flexibility index (Phi) is 8.29. The summed E-state index contributed by atoms with van der Waals surface area (Å²) in [5.74, 6) is 0.0265. The zero-order chi connectivity index (χ0) is 30.8. The Balaban J connectivity index is 1.19. The molecular formula is C37H40N4O4. The van der Waals surface area contributed by atoms with Gasteiger partial charge in [0.2, 0.25) is 5.91 Å². The molecule has 3 saturated heterocycles. The number of benzene rings is 4. The van der Waals surface area contributed by atoms with Gasteiger partial charge in [0, 0.05) is 42.5 Å². The second kappa shape index (κ2) is 12.7. The maximum atomic E-state index is 13.3. The number of ether oxygens (including phenoxy) is 2. The van der Waals surface area contributed by atoms with Gasteiger partial charge < -0.3 is 35.4 Å². The minimum absolute atomic E-state index is 0.0122. The first-order valence-electron chi connectivity index (χ1n) is 15.8. The first kappa shape index (κ1) is 29.5. The minimum Gasteiger partial charge on any atom is -0.399 e. The number of hydrogen-bond acceptors (Lipinski definition) is 7. The summed E-state index contributed by atoms with van der Waals surface area (Å²) in [6.45, 7) is 2.76. The molecule has 0 aromatic heterocycles. The number of aliphatic hydroxyl groups excluding tert-OH is 1. The van der Waals surface area contributed by atoms with Crippen molar-refractivity contribution in [1.82, 2.24) is 10.2 Å². The molecule has 3 aliphatic heterocycles. The van der Waals surface area contributed by atoms with Crippen LogP contribution in [0.1, 0.15) is 53.4 Å². The van der Waals surface area contributed by atoms with Gasteiger partial charge in [-0.3, -0.25) is 4.79 Å². The number of rotatable bonds is 7. The van der Waals surface area contributed by atoms with Gasteiger partial charge >= 0.3 is 0 Å². The van der Waals surface area contributed by atoms with Gasteiger partial charge in [0.05, 0.1) is 25.5 Å². The number of amides is 1. The fourth-order valence-corrected chi connectivity index (χ4v) is 7.26. The van der Waals surface area contributed by atoms with Crippen LogP contribution < -0.4 is 16.0 Å². The maximum Gasteiger partial charge on any atom is 0.247 e. The molecule has 1 amide bonds. The van der Waals surface area contributed by atoms with Crippen molar-refractivity contribution in [3.05, 3.63) is 131 Å². The molecule has 8 nitrogen and oxygen atoms in total. The monoisotopic (exact) mass is 604 g/mol. The molecule has 1 spiro atoms. The number of aliphatic hydroxyl groups is 1. The number of para-hydroxylation sites is 1. The molecule has 3 fully saturated rings. The topological polar surface area (TPSA) is 100 Å². The van der Waals surface area contributed by atoms with Gasteiger partial charge in [-0.25, -0.2) is 0 Å². The van der Waals surface area contributed by atoms with Crippen LogP contribution in [-0.4, -0.2) is 53.9 Å². The van der Waals surface area contributed by atoms with Gasteiger partial charge in [0.25, 0.3) is 0 Å². The number of nitrogens with one attached hydrogen (secondary N) is 1. The maximum absolute atomic E-state index is 13.3. The Morgan fingerprint density at radius 3 is 2.20 bits per heavy atom. The summed E-state index contributed by atoms with van der Waals surface area (Å²) in [7, 11) is 0. The van der Waals surface area contributed by atoms with Crippen LogP contribution in [0.25, 0.3) is 0 Å². The van der Waals surface area contributed by atoms with Gasteiger partial charge in [0.1, 0.15) is 5.54 Å². The lowest BCUT2D eigenvalue weighted by molar-refractivity contribution is -0.264. The van der Waals surface area contributed by atoms with Gasteiger partial charge in [-0.05, 0) is 53.8 Å². The molecule has 4 aromatic carbocycles. The third kappa shape index (κ3) is 5.82. The summed E-state index contributed by atoms with van der Waals surface area (Å²) >= 11 is 0. The lowest BCUT2D eigenvalue weighted by Gasteiger charge is -2.47. The van der Waals surface area contributed by atoms with Crippen molar-refractivity contribution in [2.75, 3.05) is 36.9 Å². The summed E-state index contributed by atoms with van der Waals surface area (Å²) in [5, 5.41) is 12.8. The van der Waals surface area contributed by atoms with E-state index >= 15 is 0 Å². The number of nitrogens with zero attached hydrogens (tertiary/aromatic N) is 2. The van der Waals surface area contributed by atoms with E-state index in [1.165, 1.54) is 0 Å². The molecule has 45 heavy (non-hydrogen) atoms. The lowest BCUT2D eigenvalue weighted by Crippen LogP contribution is -2.57. The third-order valence-corrected chi connectivity index (χ3v) is 9.68. The van der Waals surface area contributed by atoms with Crippen molar-refractivity contribution in [2.45, 2.75) is 49.4 Å². The number of nitrogens with two attached hydrogens (primary N) is 1. The number of nitrogen functional groups attached to an aromatic ring is 1.